The van der Waals surface area contributed by atoms with Gasteiger partial charge < -0.3 is 9.47 Å². The van der Waals surface area contributed by atoms with Crippen LogP contribution < -0.4 is 9.47 Å². The van der Waals surface area contributed by atoms with Gasteiger partial charge in [-0.1, -0.05) is 11.6 Å². The third-order valence-electron chi connectivity index (χ3n) is 2.93. The molecule has 0 aliphatic heterocycles. The average Bonchev–Trinajstić information content (AvgIpc) is 2.47. The smallest absolute Gasteiger partial charge is 0.145 e. The third-order valence-corrected chi connectivity index (χ3v) is 2.93. The monoisotopic (exact) mass is 274 g/mol. The molecule has 0 radical (unpaired) electrons. The van der Waals surface area contributed by atoms with Gasteiger partial charge in [0.2, 0.25) is 0 Å². The number of hydrogen-bond acceptors (Lipinski definition) is 3. The highest BCUT2D eigenvalue weighted by atomic mass is 16.5. The van der Waals surface area contributed by atoms with Crippen molar-refractivity contribution in [3.05, 3.63) is 47.6 Å². The molecular formula is C17H22O3. The maximum Gasteiger partial charge on any atom is 0.145 e. The number of ether oxygens (including phenoxy) is 2. The normalized spacial score (nSPS) is 12.2. The zero-order valence-electron chi connectivity index (χ0n) is 12.4. The Morgan fingerprint density at radius 1 is 1.10 bits per heavy atom. The summed E-state index contributed by atoms with van der Waals surface area (Å²) < 4.78 is 10.7. The van der Waals surface area contributed by atoms with E-state index < -0.39 is 0 Å². The van der Waals surface area contributed by atoms with Crippen molar-refractivity contribution < 1.29 is 14.3 Å². The van der Waals surface area contributed by atoms with Crippen LogP contribution in [0.15, 0.2) is 47.6 Å². The first-order valence-electron chi connectivity index (χ1n) is 6.70. The molecule has 0 N–H and O–H groups in total. The summed E-state index contributed by atoms with van der Waals surface area (Å²) in [4.78, 5) is 10.4. The van der Waals surface area contributed by atoms with Gasteiger partial charge in [-0.05, 0) is 62.6 Å². The lowest BCUT2D eigenvalue weighted by molar-refractivity contribution is -0.104. The molecule has 0 bridgehead atoms. The van der Waals surface area contributed by atoms with Crippen LogP contribution in [0.2, 0.25) is 0 Å². The van der Waals surface area contributed by atoms with Crippen molar-refractivity contribution in [2.24, 2.45) is 0 Å². The number of rotatable bonds is 8. The second kappa shape index (κ2) is 8.97. The van der Waals surface area contributed by atoms with E-state index in [-0.39, 0.29) is 0 Å². The Balaban J connectivity index is 2.33. The second-order valence-corrected chi connectivity index (χ2v) is 4.64. The van der Waals surface area contributed by atoms with Crippen LogP contribution in [0, 0.1) is 0 Å². The molecule has 0 saturated heterocycles. The van der Waals surface area contributed by atoms with Gasteiger partial charge in [-0.25, -0.2) is 0 Å². The minimum Gasteiger partial charge on any atom is -0.497 e. The number of allylic oxidation sites excluding steroid dienone is 3. The minimum absolute atomic E-state index is 0.550. The van der Waals surface area contributed by atoms with Crippen LogP contribution in [-0.2, 0) is 4.79 Å². The number of carbonyl (C=O) groups excluding carboxylic acids is 1. The Hall–Kier alpha value is -2.03. The fourth-order valence-corrected chi connectivity index (χ4v) is 1.63. The first-order valence-corrected chi connectivity index (χ1v) is 6.70. The van der Waals surface area contributed by atoms with Crippen molar-refractivity contribution in [2.75, 3.05) is 13.7 Å². The summed E-state index contributed by atoms with van der Waals surface area (Å²) in [7, 11) is 1.64. The molecule has 0 fully saturated rings. The molecule has 3 heteroatoms. The summed E-state index contributed by atoms with van der Waals surface area (Å²) in [5.74, 6) is 1.65. The van der Waals surface area contributed by atoms with E-state index in [1.807, 2.05) is 37.3 Å². The Kier molecular flexibility index (Phi) is 7.18. The molecule has 3 nitrogen and oxygen atoms in total. The van der Waals surface area contributed by atoms with E-state index in [0.717, 1.165) is 36.2 Å². The summed E-state index contributed by atoms with van der Waals surface area (Å²) in [5.41, 5.74) is 2.04. The first kappa shape index (κ1) is 16.0. The van der Waals surface area contributed by atoms with Crippen molar-refractivity contribution >= 4 is 6.29 Å². The molecule has 0 unspecified atom stereocenters. The molecule has 20 heavy (non-hydrogen) atoms. The van der Waals surface area contributed by atoms with Crippen LogP contribution in [0.3, 0.4) is 0 Å². The summed E-state index contributed by atoms with van der Waals surface area (Å²) in [5, 5.41) is 0. The summed E-state index contributed by atoms with van der Waals surface area (Å²) >= 11 is 0. The number of aldehydes is 1. The topological polar surface area (TPSA) is 35.5 Å². The predicted octanol–water partition coefficient (Wildman–Crippen LogP) is 3.95. The molecule has 0 atom stereocenters. The van der Waals surface area contributed by atoms with E-state index in [0.29, 0.717) is 6.61 Å². The zero-order valence-corrected chi connectivity index (χ0v) is 12.4. The Bertz CT molecular complexity index is 470. The van der Waals surface area contributed by atoms with Crippen LogP contribution in [0.5, 0.6) is 11.5 Å². The van der Waals surface area contributed by atoms with Gasteiger partial charge in [0, 0.05) is 0 Å². The van der Waals surface area contributed by atoms with Gasteiger partial charge in [0.15, 0.2) is 0 Å². The predicted molar refractivity (Wildman–Crippen MR) is 81.3 cm³/mol. The van der Waals surface area contributed by atoms with E-state index in [9.17, 15) is 4.79 Å². The Morgan fingerprint density at radius 3 is 2.35 bits per heavy atom. The maximum atomic E-state index is 10.4. The average molecular weight is 274 g/mol. The number of benzene rings is 1. The molecule has 0 aliphatic carbocycles. The van der Waals surface area contributed by atoms with Gasteiger partial charge in [0.1, 0.15) is 24.4 Å². The van der Waals surface area contributed by atoms with Crippen molar-refractivity contribution in [1.82, 2.24) is 0 Å². The molecule has 0 heterocycles. The van der Waals surface area contributed by atoms with Crippen LogP contribution in [-0.4, -0.2) is 20.0 Å². The molecule has 0 saturated carbocycles. The van der Waals surface area contributed by atoms with Gasteiger partial charge in [-0.3, -0.25) is 4.79 Å². The highest BCUT2D eigenvalue weighted by Crippen LogP contribution is 2.17. The van der Waals surface area contributed by atoms with Gasteiger partial charge in [-0.15, -0.1) is 0 Å². The van der Waals surface area contributed by atoms with E-state index in [4.69, 9.17) is 9.47 Å². The van der Waals surface area contributed by atoms with Crippen LogP contribution in [0.25, 0.3) is 0 Å². The fraction of sp³-hybridized carbons (Fsp3) is 0.353. The van der Waals surface area contributed by atoms with Crippen molar-refractivity contribution in [1.29, 1.82) is 0 Å². The molecule has 0 aliphatic rings. The molecule has 1 aromatic carbocycles. The summed E-state index contributed by atoms with van der Waals surface area (Å²) in [6, 6.07) is 7.52. The van der Waals surface area contributed by atoms with Gasteiger partial charge in [0.25, 0.3) is 0 Å². The zero-order chi connectivity index (χ0) is 14.8. The maximum absolute atomic E-state index is 10.4. The number of hydrogen-bond donors (Lipinski definition) is 0. The lowest BCUT2D eigenvalue weighted by atomic mass is 10.1. The molecule has 1 rings (SSSR count). The second-order valence-electron chi connectivity index (χ2n) is 4.64. The SMILES string of the molecule is COc1ccc(OC/C=C(\C)CC/C=C(\C)C=O)cc1. The summed E-state index contributed by atoms with van der Waals surface area (Å²) in [6.45, 7) is 4.44. The highest BCUT2D eigenvalue weighted by Gasteiger charge is 1.94. The van der Waals surface area contributed by atoms with Crippen LogP contribution in [0.1, 0.15) is 26.7 Å². The van der Waals surface area contributed by atoms with E-state index in [2.05, 4.69) is 13.0 Å². The van der Waals surface area contributed by atoms with E-state index >= 15 is 0 Å². The van der Waals surface area contributed by atoms with Crippen molar-refractivity contribution in [3.8, 4) is 11.5 Å². The lowest BCUT2D eigenvalue weighted by Crippen LogP contribution is -1.95. The van der Waals surface area contributed by atoms with Crippen molar-refractivity contribution in [2.45, 2.75) is 26.7 Å². The van der Waals surface area contributed by atoms with Gasteiger partial charge in [-0.2, -0.15) is 0 Å². The minimum atomic E-state index is 0.550. The Labute approximate surface area is 120 Å². The lowest BCUT2D eigenvalue weighted by Gasteiger charge is -2.05. The van der Waals surface area contributed by atoms with Crippen molar-refractivity contribution in [3.63, 3.8) is 0 Å². The van der Waals surface area contributed by atoms with E-state index in [1.54, 1.807) is 7.11 Å². The molecule has 0 spiro atoms. The number of methoxy groups -OCH3 is 1. The third kappa shape index (κ3) is 6.23. The molecule has 0 amide bonds. The molecule has 0 aromatic heterocycles. The number of carbonyl (C=O) groups is 1. The first-order chi connectivity index (χ1) is 9.65. The van der Waals surface area contributed by atoms with Gasteiger partial charge >= 0.3 is 0 Å². The largest absolute Gasteiger partial charge is 0.497 e. The van der Waals surface area contributed by atoms with E-state index in [1.165, 1.54) is 5.57 Å². The standard InChI is InChI=1S/C17H22O3/c1-14(5-4-6-15(2)13-18)11-12-20-17-9-7-16(19-3)8-10-17/h6-11,13H,4-5,12H2,1-3H3/b14-11+,15-6+. The van der Waals surface area contributed by atoms with Crippen LogP contribution >= 0.6 is 0 Å². The fourth-order valence-electron chi connectivity index (χ4n) is 1.63. The van der Waals surface area contributed by atoms with Gasteiger partial charge in [0.05, 0.1) is 7.11 Å². The van der Waals surface area contributed by atoms with Crippen LogP contribution in [0.4, 0.5) is 0 Å². The highest BCUT2D eigenvalue weighted by molar-refractivity contribution is 5.71. The quantitative estimate of drug-likeness (QED) is 0.409. The summed E-state index contributed by atoms with van der Waals surface area (Å²) in [6.07, 6.45) is 6.72. The molecule has 1 aromatic rings. The Morgan fingerprint density at radius 2 is 1.75 bits per heavy atom. The molecule has 108 valence electrons. The molecular weight excluding hydrogens is 252 g/mol.